The van der Waals surface area contributed by atoms with E-state index >= 15 is 0 Å². The zero-order chi connectivity index (χ0) is 18.1. The lowest BCUT2D eigenvalue weighted by molar-refractivity contribution is -0.384. The average molecular weight is 404 g/mol. The van der Waals surface area contributed by atoms with E-state index in [1.54, 1.807) is 12.1 Å². The topological polar surface area (TPSA) is 82.1 Å². The first-order valence-corrected chi connectivity index (χ1v) is 9.67. The number of thioether (sulfide) groups is 1. The number of rotatable bonds is 5. The first-order valence-electron chi connectivity index (χ1n) is 7.49. The Hall–Kier alpha value is -2.42. The first kappa shape index (κ1) is 17.0. The van der Waals surface area contributed by atoms with Gasteiger partial charge in [0.15, 0.2) is 0 Å². The highest BCUT2D eigenvalue weighted by atomic mass is 35.5. The van der Waals surface area contributed by atoms with Crippen molar-refractivity contribution in [3.8, 4) is 10.8 Å². The second kappa shape index (κ2) is 7.06. The number of non-ortho nitro benzene ring substituents is 1. The fraction of sp³-hybridized carbons (Fsp3) is 0.0588. The molecule has 0 saturated heterocycles. The van der Waals surface area contributed by atoms with Crippen molar-refractivity contribution >= 4 is 50.5 Å². The minimum atomic E-state index is -0.421. The van der Waals surface area contributed by atoms with E-state index in [0.29, 0.717) is 21.9 Å². The van der Waals surface area contributed by atoms with E-state index in [2.05, 4.69) is 10.2 Å². The number of nitro benzene ring substituents is 1. The van der Waals surface area contributed by atoms with Gasteiger partial charge >= 0.3 is 0 Å². The molecule has 130 valence electrons. The van der Waals surface area contributed by atoms with Gasteiger partial charge in [-0.25, -0.2) is 0 Å². The van der Waals surface area contributed by atoms with Crippen LogP contribution in [0.15, 0.2) is 58.2 Å². The summed E-state index contributed by atoms with van der Waals surface area (Å²) in [5.74, 6) is 0.960. The maximum Gasteiger partial charge on any atom is 0.277 e. The van der Waals surface area contributed by atoms with E-state index < -0.39 is 4.92 Å². The summed E-state index contributed by atoms with van der Waals surface area (Å²) in [7, 11) is 0. The molecule has 0 atom stereocenters. The van der Waals surface area contributed by atoms with Gasteiger partial charge in [-0.2, -0.15) is 0 Å². The molecule has 4 aromatic rings. The van der Waals surface area contributed by atoms with Gasteiger partial charge in [-0.3, -0.25) is 10.1 Å². The van der Waals surface area contributed by atoms with Crippen LogP contribution in [0.1, 0.15) is 5.56 Å². The number of nitrogens with zero attached hydrogens (tertiary/aromatic N) is 3. The van der Waals surface area contributed by atoms with E-state index in [4.69, 9.17) is 16.0 Å². The molecule has 0 aliphatic heterocycles. The van der Waals surface area contributed by atoms with Gasteiger partial charge in [0.25, 0.3) is 16.8 Å². The van der Waals surface area contributed by atoms with Gasteiger partial charge in [0.05, 0.1) is 9.95 Å². The normalized spacial score (nSPS) is 11.1. The second-order valence-corrected chi connectivity index (χ2v) is 7.68. The summed E-state index contributed by atoms with van der Waals surface area (Å²) in [6.45, 7) is 0. The Morgan fingerprint density at radius 1 is 1.15 bits per heavy atom. The van der Waals surface area contributed by atoms with Gasteiger partial charge < -0.3 is 4.42 Å². The van der Waals surface area contributed by atoms with E-state index in [1.165, 1.54) is 35.2 Å². The van der Waals surface area contributed by atoms with Gasteiger partial charge in [0.1, 0.15) is 4.88 Å². The molecule has 2 aromatic carbocycles. The van der Waals surface area contributed by atoms with Crippen molar-refractivity contribution in [3.63, 3.8) is 0 Å². The van der Waals surface area contributed by atoms with Crippen LogP contribution in [0, 0.1) is 10.1 Å². The molecule has 0 amide bonds. The molecular formula is C17H10ClN3O3S2. The molecule has 0 radical (unpaired) electrons. The number of nitro groups is 1. The molecule has 0 bridgehead atoms. The molecule has 0 fully saturated rings. The van der Waals surface area contributed by atoms with E-state index in [9.17, 15) is 10.1 Å². The lowest BCUT2D eigenvalue weighted by Crippen LogP contribution is -1.88. The molecule has 0 spiro atoms. The molecule has 0 aliphatic carbocycles. The number of halogens is 1. The molecule has 0 unspecified atom stereocenters. The average Bonchev–Trinajstić information content (AvgIpc) is 3.25. The van der Waals surface area contributed by atoms with Crippen LogP contribution in [0.2, 0.25) is 5.02 Å². The Balaban J connectivity index is 1.50. The summed E-state index contributed by atoms with van der Waals surface area (Å²) < 4.78 is 6.78. The predicted octanol–water partition coefficient (Wildman–Crippen LogP) is 5.81. The molecule has 0 N–H and O–H groups in total. The fourth-order valence-electron chi connectivity index (χ4n) is 2.37. The minimum absolute atomic E-state index is 0.0678. The Morgan fingerprint density at radius 2 is 1.92 bits per heavy atom. The summed E-state index contributed by atoms with van der Waals surface area (Å²) in [6, 6.07) is 14.2. The molecule has 4 rings (SSSR count). The van der Waals surface area contributed by atoms with Crippen molar-refractivity contribution in [2.75, 3.05) is 0 Å². The molecule has 2 aromatic heterocycles. The lowest BCUT2D eigenvalue weighted by Gasteiger charge is -1.97. The largest absolute Gasteiger partial charge is 0.410 e. The van der Waals surface area contributed by atoms with Gasteiger partial charge in [-0.05, 0) is 11.6 Å². The third kappa shape index (κ3) is 3.31. The molecule has 2 heterocycles. The Kier molecular flexibility index (Phi) is 4.62. The van der Waals surface area contributed by atoms with Crippen LogP contribution in [0.4, 0.5) is 5.69 Å². The Morgan fingerprint density at radius 3 is 2.65 bits per heavy atom. The van der Waals surface area contributed by atoms with Crippen molar-refractivity contribution in [1.82, 2.24) is 10.2 Å². The number of fused-ring (bicyclic) bond motifs is 1. The second-order valence-electron chi connectivity index (χ2n) is 5.33. The van der Waals surface area contributed by atoms with Crippen molar-refractivity contribution in [3.05, 3.63) is 69.2 Å². The van der Waals surface area contributed by atoms with Crippen molar-refractivity contribution in [2.24, 2.45) is 0 Å². The van der Waals surface area contributed by atoms with Crippen LogP contribution in [0.3, 0.4) is 0 Å². The molecule has 0 aliphatic rings. The highest BCUT2D eigenvalue weighted by Crippen LogP contribution is 2.41. The zero-order valence-electron chi connectivity index (χ0n) is 13.1. The number of aromatic nitrogens is 2. The Labute approximate surface area is 161 Å². The molecule has 9 heteroatoms. The smallest absolute Gasteiger partial charge is 0.277 e. The predicted molar refractivity (Wildman–Crippen MR) is 103 cm³/mol. The number of thiophene rings is 1. The van der Waals surface area contributed by atoms with Crippen LogP contribution >= 0.6 is 34.7 Å². The van der Waals surface area contributed by atoms with Gasteiger partial charge in [-0.15, -0.1) is 21.5 Å². The zero-order valence-corrected chi connectivity index (χ0v) is 15.5. The number of hydrogen-bond acceptors (Lipinski definition) is 7. The van der Waals surface area contributed by atoms with Crippen LogP contribution in [-0.4, -0.2) is 15.1 Å². The molecule has 0 saturated carbocycles. The fourth-order valence-corrected chi connectivity index (χ4v) is 4.52. The maximum absolute atomic E-state index is 10.7. The third-order valence-electron chi connectivity index (χ3n) is 3.65. The summed E-state index contributed by atoms with van der Waals surface area (Å²) in [6.07, 6.45) is 0. The van der Waals surface area contributed by atoms with Gasteiger partial charge in [-0.1, -0.05) is 53.7 Å². The van der Waals surface area contributed by atoms with Crippen molar-refractivity contribution in [1.29, 1.82) is 0 Å². The molecule has 26 heavy (non-hydrogen) atoms. The minimum Gasteiger partial charge on any atom is -0.410 e. The van der Waals surface area contributed by atoms with Crippen LogP contribution in [0.25, 0.3) is 20.9 Å². The Bertz CT molecular complexity index is 1090. The lowest BCUT2D eigenvalue weighted by atomic mass is 10.2. The standard InChI is InChI=1S/C17H10ClN3O3S2/c18-14-12-3-1-2-4-13(12)26-15(14)16-19-20-17(24-16)25-9-10-5-7-11(8-6-10)21(22)23/h1-8H,9H2. The third-order valence-corrected chi connectivity index (χ3v) is 6.20. The highest BCUT2D eigenvalue weighted by Gasteiger charge is 2.17. The number of hydrogen-bond donors (Lipinski definition) is 0. The van der Waals surface area contributed by atoms with Crippen LogP contribution < -0.4 is 0 Å². The summed E-state index contributed by atoms with van der Waals surface area (Å²) in [5, 5.41) is 20.8. The SMILES string of the molecule is O=[N+]([O-])c1ccc(CSc2nnc(-c3sc4ccccc4c3Cl)o2)cc1. The maximum atomic E-state index is 10.7. The van der Waals surface area contributed by atoms with E-state index in [-0.39, 0.29) is 5.69 Å². The number of benzene rings is 2. The molecular weight excluding hydrogens is 394 g/mol. The van der Waals surface area contributed by atoms with Gasteiger partial charge in [0.2, 0.25) is 0 Å². The molecule has 6 nitrogen and oxygen atoms in total. The monoisotopic (exact) mass is 403 g/mol. The van der Waals surface area contributed by atoms with Crippen LogP contribution in [-0.2, 0) is 5.75 Å². The van der Waals surface area contributed by atoms with Crippen molar-refractivity contribution in [2.45, 2.75) is 11.0 Å². The van der Waals surface area contributed by atoms with Crippen molar-refractivity contribution < 1.29 is 9.34 Å². The summed E-state index contributed by atoms with van der Waals surface area (Å²) in [5.41, 5.74) is 0.999. The first-order chi connectivity index (χ1) is 12.6. The van der Waals surface area contributed by atoms with E-state index in [1.807, 2.05) is 24.3 Å². The summed E-state index contributed by atoms with van der Waals surface area (Å²) in [4.78, 5) is 11.0. The van der Waals surface area contributed by atoms with Crippen LogP contribution in [0.5, 0.6) is 0 Å². The van der Waals surface area contributed by atoms with E-state index in [0.717, 1.165) is 20.5 Å². The van der Waals surface area contributed by atoms with Gasteiger partial charge in [0, 0.05) is 28.0 Å². The highest BCUT2D eigenvalue weighted by molar-refractivity contribution is 7.98. The summed E-state index contributed by atoms with van der Waals surface area (Å²) >= 11 is 9.31. The quantitative estimate of drug-likeness (QED) is 0.238.